The van der Waals surface area contributed by atoms with Crippen LogP contribution in [0.25, 0.3) is 21.8 Å². The molecule has 0 aliphatic heterocycles. The molecule has 1 nitrogen and oxygen atoms in total. The average Bonchev–Trinajstić information content (AvgIpc) is 3.01. The zero-order valence-corrected chi connectivity index (χ0v) is 20.2. The summed E-state index contributed by atoms with van der Waals surface area (Å²) >= 11 is -0.136. The van der Waals surface area contributed by atoms with Crippen molar-refractivity contribution in [3.8, 4) is 0 Å². The zero-order chi connectivity index (χ0) is 19.5. The van der Waals surface area contributed by atoms with Crippen LogP contribution in [-0.4, -0.2) is 13.8 Å². The van der Waals surface area contributed by atoms with Crippen LogP contribution in [0.1, 0.15) is 59.8 Å². The van der Waals surface area contributed by atoms with E-state index in [1.807, 2.05) is 0 Å². The second kappa shape index (κ2) is 8.66. The summed E-state index contributed by atoms with van der Waals surface area (Å²) in [4.78, 5) is 0. The molecule has 0 fully saturated rings. The molecule has 1 atom stereocenters. The molecule has 27 heavy (non-hydrogen) atoms. The van der Waals surface area contributed by atoms with Gasteiger partial charge in [0.15, 0.2) is 0 Å². The number of hydrogen-bond donors (Lipinski definition) is 0. The van der Waals surface area contributed by atoms with E-state index < -0.39 is 0 Å². The first-order chi connectivity index (χ1) is 13.0. The molecule has 0 aliphatic carbocycles. The van der Waals surface area contributed by atoms with Gasteiger partial charge in [-0.25, -0.2) is 0 Å². The molecule has 0 saturated heterocycles. The topological polar surface area (TPSA) is 4.93 Å². The molecule has 1 heterocycles. The van der Waals surface area contributed by atoms with Crippen LogP contribution in [0.3, 0.4) is 0 Å². The minimum absolute atomic E-state index is 0.0637. The first kappa shape index (κ1) is 20.9. The van der Waals surface area contributed by atoms with Gasteiger partial charge in [0.25, 0.3) is 0 Å². The Bertz CT molecular complexity index is 873. The summed E-state index contributed by atoms with van der Waals surface area (Å²) in [5.41, 5.74) is 2.72. The summed E-state index contributed by atoms with van der Waals surface area (Å²) in [6.07, 6.45) is 6.43. The first-order valence-electron chi connectivity index (χ1n) is 10.2. The van der Waals surface area contributed by atoms with Gasteiger partial charge in [-0.3, -0.25) is 0 Å². The Labute approximate surface area is 177 Å². The van der Waals surface area contributed by atoms with Crippen molar-refractivity contribution >= 4 is 36.5 Å². The second-order valence-electron chi connectivity index (χ2n) is 7.96. The molecule has 0 saturated carbocycles. The Morgan fingerprint density at radius 2 is 1.48 bits per heavy atom. The van der Waals surface area contributed by atoms with Crippen molar-refractivity contribution < 1.29 is 21.2 Å². The van der Waals surface area contributed by atoms with Gasteiger partial charge in [0, 0.05) is 0 Å². The molecule has 3 aromatic rings. The first-order valence-corrected chi connectivity index (χ1v) is 12.9. The van der Waals surface area contributed by atoms with Crippen LogP contribution in [0.15, 0.2) is 48.5 Å². The molecule has 1 unspecified atom stereocenters. The number of fused-ring (bicyclic) bond motifs is 3. The third kappa shape index (κ3) is 4.12. The maximum absolute atomic E-state index is 3.90. The van der Waals surface area contributed by atoms with Gasteiger partial charge in [-0.1, -0.05) is 0 Å². The van der Waals surface area contributed by atoms with Crippen molar-refractivity contribution in [2.45, 2.75) is 66.8 Å². The number of nitrogens with zero attached hydrogens (tertiary/aromatic N) is 1. The number of unbranched alkanes of at least 4 members (excludes halogenated alkanes) is 2. The number of aromatic nitrogens is 1. The molecule has 0 radical (unpaired) electrons. The van der Waals surface area contributed by atoms with E-state index in [2.05, 4.69) is 95.5 Å². The van der Waals surface area contributed by atoms with E-state index in [0.29, 0.717) is 3.42 Å². The third-order valence-electron chi connectivity index (χ3n) is 5.46. The Balaban J connectivity index is 2.15. The van der Waals surface area contributed by atoms with E-state index in [1.165, 1.54) is 47.5 Å². The molecule has 3 rings (SSSR count). The number of alkyl halides is 2. The molecular formula is C24H32INP-. The summed E-state index contributed by atoms with van der Waals surface area (Å²) in [6, 6.07) is 17.8. The number of halogens is 1. The molecule has 0 aliphatic rings. The van der Waals surface area contributed by atoms with Gasteiger partial charge in [0.1, 0.15) is 0 Å². The molecular weight excluding hydrogens is 460 g/mol. The van der Waals surface area contributed by atoms with Crippen LogP contribution in [0.4, 0.5) is 0 Å². The Morgan fingerprint density at radius 1 is 0.926 bits per heavy atom. The molecule has 1 aromatic heterocycles. The van der Waals surface area contributed by atoms with Gasteiger partial charge < -0.3 is 0 Å². The molecule has 0 spiro atoms. The molecule has 3 heteroatoms. The van der Waals surface area contributed by atoms with E-state index in [0.717, 1.165) is 6.42 Å². The second-order valence-corrected chi connectivity index (χ2v) is 13.6. The van der Waals surface area contributed by atoms with Crippen LogP contribution in [0, 0.1) is 0 Å². The summed E-state index contributed by atoms with van der Waals surface area (Å²) in [5.74, 6) is 2.32. The quantitative estimate of drug-likeness (QED) is 0.182. The maximum atomic E-state index is 3.90. The van der Waals surface area contributed by atoms with E-state index in [1.54, 1.807) is 0 Å². The summed E-state index contributed by atoms with van der Waals surface area (Å²) < 4.78 is 3.10. The number of rotatable bonds is 9. The van der Waals surface area contributed by atoms with Crippen LogP contribution in [-0.2, 0) is 3.55 Å². The van der Waals surface area contributed by atoms with Crippen molar-refractivity contribution in [1.29, 1.82) is 0 Å². The Morgan fingerprint density at radius 3 is 1.96 bits per heavy atom. The zero-order valence-electron chi connectivity index (χ0n) is 17.1. The van der Waals surface area contributed by atoms with Gasteiger partial charge >= 0.3 is 178 Å². The molecule has 0 bridgehead atoms. The number of para-hydroxylation sites is 2. The van der Waals surface area contributed by atoms with Crippen molar-refractivity contribution in [2.75, 3.05) is 0 Å². The van der Waals surface area contributed by atoms with Gasteiger partial charge in [-0.2, -0.15) is 0 Å². The monoisotopic (exact) mass is 492 g/mol. The van der Waals surface area contributed by atoms with E-state index in [4.69, 9.17) is 0 Å². The van der Waals surface area contributed by atoms with E-state index in [-0.39, 0.29) is 24.8 Å². The normalized spacial score (nSPS) is 14.7. The van der Waals surface area contributed by atoms with Crippen molar-refractivity contribution in [3.63, 3.8) is 0 Å². The number of benzene rings is 2. The van der Waals surface area contributed by atoms with E-state index >= 15 is 0 Å². The summed E-state index contributed by atoms with van der Waals surface area (Å²) in [6.45, 7) is 9.62. The standard InChI is InChI=1S/C24H32INP/c1-5-7-12-17-23(3,4)25-24(6-2,18-27)26-21-15-10-8-13-19(21)20-14-9-11-16-22(20)26/h8-11,13-16,18,27H,5-7,12,17H2,1-4H3/q-1. The SMILES string of the molecule is CCCCCC(C)(C)[I-]C(C=P)(CC)n1c2ccccc2c2ccccc21. The molecule has 146 valence electrons. The van der Waals surface area contributed by atoms with Gasteiger partial charge in [0.05, 0.1) is 0 Å². The fourth-order valence-corrected chi connectivity index (χ4v) is 9.25. The average molecular weight is 492 g/mol. The van der Waals surface area contributed by atoms with Crippen LogP contribution >= 0.6 is 8.86 Å². The fraction of sp³-hybridized carbons (Fsp3) is 0.458. The van der Waals surface area contributed by atoms with E-state index in [9.17, 15) is 0 Å². The van der Waals surface area contributed by atoms with Crippen molar-refractivity contribution in [1.82, 2.24) is 4.57 Å². The van der Waals surface area contributed by atoms with Crippen LogP contribution < -0.4 is 21.2 Å². The van der Waals surface area contributed by atoms with Gasteiger partial charge in [-0.15, -0.1) is 0 Å². The predicted molar refractivity (Wildman–Crippen MR) is 120 cm³/mol. The van der Waals surface area contributed by atoms with Crippen LogP contribution in [0.5, 0.6) is 0 Å². The Hall–Kier alpha value is -0.860. The fourth-order valence-electron chi connectivity index (χ4n) is 4.07. The minimum atomic E-state index is -0.136. The van der Waals surface area contributed by atoms with Gasteiger partial charge in [-0.05, 0) is 0 Å². The number of hydrogen-bond acceptors (Lipinski definition) is 0. The van der Waals surface area contributed by atoms with Crippen molar-refractivity contribution in [2.24, 2.45) is 0 Å². The molecule has 0 amide bonds. The summed E-state index contributed by atoms with van der Waals surface area (Å²) in [7, 11) is 3.90. The third-order valence-corrected chi connectivity index (χ3v) is 11.0. The molecule has 0 N–H and O–H groups in total. The Kier molecular flexibility index (Phi) is 6.69. The predicted octanol–water partition coefficient (Wildman–Crippen LogP) is 4.25. The van der Waals surface area contributed by atoms with Crippen LogP contribution in [0.2, 0.25) is 0 Å². The van der Waals surface area contributed by atoms with Gasteiger partial charge in [0.2, 0.25) is 0 Å². The summed E-state index contributed by atoms with van der Waals surface area (Å²) in [5, 5.41) is 2.74. The molecule has 2 aromatic carbocycles. The van der Waals surface area contributed by atoms with Crippen molar-refractivity contribution in [3.05, 3.63) is 48.5 Å².